The molecule has 124 valence electrons. The number of halogens is 1. The molecular formula is C14H14ClNO7. The smallest absolute Gasteiger partial charge is 0.335 e. The number of nitrogens with one attached hydrogen (secondary N) is 1. The van der Waals surface area contributed by atoms with E-state index in [2.05, 4.69) is 4.98 Å². The average molecular weight is 344 g/mol. The van der Waals surface area contributed by atoms with E-state index in [1.165, 1.54) is 6.07 Å². The topological polar surface area (TPSA) is 151 Å². The highest BCUT2D eigenvalue weighted by Gasteiger charge is 2.38. The molecule has 6 N–H and O–H groups in total. The summed E-state index contributed by atoms with van der Waals surface area (Å²) in [6.45, 7) is 0. The van der Waals surface area contributed by atoms with Gasteiger partial charge in [0, 0.05) is 15.9 Å². The number of aliphatic hydroxyl groups is 4. The zero-order valence-corrected chi connectivity index (χ0v) is 12.3. The number of carbonyl (C=O) groups is 2. The van der Waals surface area contributed by atoms with Crippen LogP contribution in [0.15, 0.2) is 24.3 Å². The van der Waals surface area contributed by atoms with Gasteiger partial charge in [0.25, 0.3) is 0 Å². The number of aromatic nitrogens is 1. The van der Waals surface area contributed by atoms with E-state index >= 15 is 0 Å². The largest absolute Gasteiger partial charge is 0.479 e. The molecule has 0 aliphatic carbocycles. The second-order valence-corrected chi connectivity index (χ2v) is 5.42. The van der Waals surface area contributed by atoms with Crippen LogP contribution in [0.5, 0.6) is 0 Å². The molecule has 0 saturated heterocycles. The molecule has 1 aromatic heterocycles. The Kier molecular flexibility index (Phi) is 5.03. The fourth-order valence-electron chi connectivity index (χ4n) is 2.07. The van der Waals surface area contributed by atoms with Crippen LogP contribution in [0.1, 0.15) is 10.5 Å². The lowest BCUT2D eigenvalue weighted by molar-refractivity contribution is -0.161. The summed E-state index contributed by atoms with van der Waals surface area (Å²) in [7, 11) is 0. The lowest BCUT2D eigenvalue weighted by atomic mass is 9.99. The maximum absolute atomic E-state index is 12.1. The summed E-state index contributed by atoms with van der Waals surface area (Å²) in [5.74, 6) is -2.77. The van der Waals surface area contributed by atoms with Crippen molar-refractivity contribution in [2.24, 2.45) is 0 Å². The maximum Gasteiger partial charge on any atom is 0.335 e. The third-order valence-corrected chi connectivity index (χ3v) is 3.60. The quantitative estimate of drug-likeness (QED) is 0.388. The number of H-pyrrole nitrogens is 1. The SMILES string of the molecule is O=C(O)[C@@H](O)[C@@H](O)[C@H](O)[C@@H](O)C(=O)c1cc2ccc(Cl)cc2[nH]1. The van der Waals surface area contributed by atoms with Crippen LogP contribution < -0.4 is 0 Å². The van der Waals surface area contributed by atoms with Gasteiger partial charge in [-0.15, -0.1) is 0 Å². The van der Waals surface area contributed by atoms with Crippen molar-refractivity contribution in [3.8, 4) is 0 Å². The number of hydrogen-bond acceptors (Lipinski definition) is 6. The molecule has 4 atom stereocenters. The Morgan fingerprint density at radius 3 is 2.22 bits per heavy atom. The number of aliphatic hydroxyl groups excluding tert-OH is 4. The highest BCUT2D eigenvalue weighted by Crippen LogP contribution is 2.21. The summed E-state index contributed by atoms with van der Waals surface area (Å²) in [6, 6.07) is 6.20. The second-order valence-electron chi connectivity index (χ2n) is 4.99. The van der Waals surface area contributed by atoms with Crippen molar-refractivity contribution in [1.29, 1.82) is 0 Å². The van der Waals surface area contributed by atoms with Gasteiger partial charge in [-0.25, -0.2) is 4.79 Å². The van der Waals surface area contributed by atoms with Gasteiger partial charge in [-0.05, 0) is 18.2 Å². The van der Waals surface area contributed by atoms with Crippen molar-refractivity contribution in [3.63, 3.8) is 0 Å². The summed E-state index contributed by atoms with van der Waals surface area (Å²) < 4.78 is 0. The molecule has 0 bridgehead atoms. The van der Waals surface area contributed by atoms with Gasteiger partial charge in [0.1, 0.15) is 18.3 Å². The van der Waals surface area contributed by atoms with Crippen LogP contribution in [0.3, 0.4) is 0 Å². The molecule has 0 spiro atoms. The number of carboxylic acid groups (broad SMARTS) is 1. The minimum Gasteiger partial charge on any atom is -0.479 e. The fraction of sp³-hybridized carbons (Fsp3) is 0.286. The first-order valence-corrected chi connectivity index (χ1v) is 6.87. The Morgan fingerprint density at radius 2 is 1.61 bits per heavy atom. The number of carbonyl (C=O) groups excluding carboxylic acids is 1. The van der Waals surface area contributed by atoms with Gasteiger partial charge in [-0.3, -0.25) is 4.79 Å². The molecule has 2 aromatic rings. The van der Waals surface area contributed by atoms with Crippen LogP contribution in [-0.2, 0) is 4.79 Å². The third-order valence-electron chi connectivity index (χ3n) is 3.37. The summed E-state index contributed by atoms with van der Waals surface area (Å²) in [5.41, 5.74) is 0.458. The van der Waals surface area contributed by atoms with E-state index in [-0.39, 0.29) is 5.69 Å². The summed E-state index contributed by atoms with van der Waals surface area (Å²) in [6.07, 6.45) is -8.87. The molecule has 0 unspecified atom stereocenters. The van der Waals surface area contributed by atoms with Crippen molar-refractivity contribution in [2.45, 2.75) is 24.4 Å². The minimum absolute atomic E-state index is 0.0640. The first-order chi connectivity index (χ1) is 10.7. The van der Waals surface area contributed by atoms with Crippen LogP contribution in [0.2, 0.25) is 5.02 Å². The van der Waals surface area contributed by atoms with Gasteiger partial charge < -0.3 is 30.5 Å². The number of aromatic amines is 1. The Bertz CT molecular complexity index is 744. The molecule has 0 radical (unpaired) electrons. The Morgan fingerprint density at radius 1 is 1.00 bits per heavy atom. The van der Waals surface area contributed by atoms with Crippen LogP contribution in [0, 0.1) is 0 Å². The summed E-state index contributed by atoms with van der Waals surface area (Å²) >= 11 is 5.82. The summed E-state index contributed by atoms with van der Waals surface area (Å²) in [4.78, 5) is 25.4. The lowest BCUT2D eigenvalue weighted by Crippen LogP contribution is -2.50. The van der Waals surface area contributed by atoms with Gasteiger partial charge in [0.2, 0.25) is 5.78 Å². The predicted octanol–water partition coefficient (Wildman–Crippen LogP) is -0.468. The number of hydrogen-bond donors (Lipinski definition) is 6. The third kappa shape index (κ3) is 3.52. The number of ketones is 1. The molecule has 0 aliphatic heterocycles. The number of fused-ring (bicyclic) bond motifs is 1. The van der Waals surface area contributed by atoms with E-state index in [4.69, 9.17) is 21.8 Å². The molecule has 8 nitrogen and oxygen atoms in total. The average Bonchev–Trinajstić information content (AvgIpc) is 2.93. The van der Waals surface area contributed by atoms with Gasteiger partial charge in [-0.1, -0.05) is 17.7 Å². The molecule has 1 heterocycles. The van der Waals surface area contributed by atoms with Gasteiger partial charge >= 0.3 is 5.97 Å². The highest BCUT2D eigenvalue weighted by molar-refractivity contribution is 6.31. The minimum atomic E-state index is -2.34. The van der Waals surface area contributed by atoms with Gasteiger partial charge in [-0.2, -0.15) is 0 Å². The maximum atomic E-state index is 12.1. The van der Waals surface area contributed by atoms with Crippen LogP contribution in [0.4, 0.5) is 0 Å². The van der Waals surface area contributed by atoms with Crippen molar-refractivity contribution in [3.05, 3.63) is 35.0 Å². The number of benzene rings is 1. The number of rotatable bonds is 6. The van der Waals surface area contributed by atoms with E-state index in [1.54, 1.807) is 18.2 Å². The Labute approximate surface area is 134 Å². The molecule has 2 rings (SSSR count). The Balaban J connectivity index is 2.22. The van der Waals surface area contributed by atoms with E-state index in [1.807, 2.05) is 0 Å². The molecule has 0 aliphatic rings. The molecule has 9 heteroatoms. The lowest BCUT2D eigenvalue weighted by Gasteiger charge is -2.23. The predicted molar refractivity (Wildman–Crippen MR) is 79.3 cm³/mol. The molecular weight excluding hydrogens is 330 g/mol. The van der Waals surface area contributed by atoms with E-state index < -0.39 is 36.2 Å². The first kappa shape index (κ1) is 17.4. The highest BCUT2D eigenvalue weighted by atomic mass is 35.5. The fourth-order valence-corrected chi connectivity index (χ4v) is 2.24. The van der Waals surface area contributed by atoms with Crippen molar-refractivity contribution in [2.75, 3.05) is 0 Å². The normalized spacial score (nSPS) is 16.7. The van der Waals surface area contributed by atoms with Crippen LogP contribution in [-0.4, -0.2) is 66.7 Å². The molecule has 0 amide bonds. The van der Waals surface area contributed by atoms with Crippen molar-refractivity contribution < 1.29 is 35.1 Å². The standard InChI is InChI=1S/C14H14ClNO7/c15-6-2-1-5-3-8(16-7(5)4-6)9(17)10(18)11(19)12(20)13(21)14(22)23/h1-4,10-13,16,18-21H,(H,22,23)/t10-,11+,12-,13-/m0/s1. The molecule has 1 aromatic carbocycles. The van der Waals surface area contributed by atoms with E-state index in [0.717, 1.165) is 0 Å². The van der Waals surface area contributed by atoms with Gasteiger partial charge in [0.05, 0.1) is 5.69 Å². The number of aliphatic carboxylic acids is 1. The van der Waals surface area contributed by atoms with Crippen molar-refractivity contribution in [1.82, 2.24) is 4.98 Å². The Hall–Kier alpha value is -1.97. The number of carboxylic acids is 1. The number of Topliss-reactive ketones (excluding diaryl/α,β-unsaturated/α-hetero) is 1. The first-order valence-electron chi connectivity index (χ1n) is 6.50. The zero-order valence-electron chi connectivity index (χ0n) is 11.5. The van der Waals surface area contributed by atoms with E-state index in [9.17, 15) is 24.9 Å². The zero-order chi connectivity index (χ0) is 17.3. The second kappa shape index (κ2) is 6.65. The molecule has 0 saturated carbocycles. The van der Waals surface area contributed by atoms with Crippen LogP contribution >= 0.6 is 11.6 Å². The molecule has 0 fully saturated rings. The summed E-state index contributed by atoms with van der Waals surface area (Å²) in [5, 5.41) is 47.7. The van der Waals surface area contributed by atoms with E-state index in [0.29, 0.717) is 15.9 Å². The monoisotopic (exact) mass is 343 g/mol. The molecule has 23 heavy (non-hydrogen) atoms. The van der Waals surface area contributed by atoms with Crippen LogP contribution in [0.25, 0.3) is 10.9 Å². The van der Waals surface area contributed by atoms with Gasteiger partial charge in [0.15, 0.2) is 6.10 Å². The van der Waals surface area contributed by atoms with Crippen molar-refractivity contribution >= 4 is 34.3 Å².